The summed E-state index contributed by atoms with van der Waals surface area (Å²) in [5.74, 6) is 0.875. The lowest BCUT2D eigenvalue weighted by atomic mass is 10.3. The van der Waals surface area contributed by atoms with Gasteiger partial charge in [0.2, 0.25) is 5.89 Å². The molecule has 0 fully saturated rings. The molecule has 0 saturated heterocycles. The zero-order chi connectivity index (χ0) is 15.7. The Morgan fingerprint density at radius 1 is 1.45 bits per heavy atom. The molecule has 3 aromatic rings. The minimum atomic E-state index is -0.202. The quantitative estimate of drug-likeness (QED) is 0.799. The van der Waals surface area contributed by atoms with E-state index in [2.05, 4.69) is 20.6 Å². The van der Waals surface area contributed by atoms with Crippen LogP contribution in [0, 0.1) is 6.92 Å². The van der Waals surface area contributed by atoms with Crippen molar-refractivity contribution < 1.29 is 9.21 Å². The summed E-state index contributed by atoms with van der Waals surface area (Å²) in [5, 5.41) is 14.9. The van der Waals surface area contributed by atoms with Gasteiger partial charge in [-0.1, -0.05) is 6.92 Å². The Morgan fingerprint density at radius 3 is 2.91 bits per heavy atom. The van der Waals surface area contributed by atoms with Gasteiger partial charge in [0, 0.05) is 24.5 Å². The first-order chi connectivity index (χ1) is 10.6. The van der Waals surface area contributed by atoms with Crippen LogP contribution in [0.1, 0.15) is 28.2 Å². The molecule has 0 bridgehead atoms. The number of thiophene rings is 1. The van der Waals surface area contributed by atoms with Crippen molar-refractivity contribution in [1.82, 2.24) is 20.0 Å². The average Bonchev–Trinajstić information content (AvgIpc) is 3.19. The third-order valence-electron chi connectivity index (χ3n) is 3.20. The molecule has 0 unspecified atom stereocenters. The number of anilines is 1. The first-order valence-corrected chi connectivity index (χ1v) is 7.62. The molecule has 3 aromatic heterocycles. The highest BCUT2D eigenvalue weighted by Crippen LogP contribution is 2.33. The molecule has 0 spiro atoms. The lowest BCUT2D eigenvalue weighted by Crippen LogP contribution is -2.16. The van der Waals surface area contributed by atoms with E-state index in [0.29, 0.717) is 23.9 Å². The third-order valence-corrected chi connectivity index (χ3v) is 4.24. The molecule has 1 amide bonds. The van der Waals surface area contributed by atoms with Crippen LogP contribution in [0.5, 0.6) is 0 Å². The van der Waals surface area contributed by atoms with Gasteiger partial charge in [-0.2, -0.15) is 5.10 Å². The van der Waals surface area contributed by atoms with Crippen molar-refractivity contribution in [3.8, 4) is 10.8 Å². The zero-order valence-corrected chi connectivity index (χ0v) is 13.3. The highest BCUT2D eigenvalue weighted by Gasteiger charge is 2.16. The van der Waals surface area contributed by atoms with E-state index in [0.717, 1.165) is 15.4 Å². The number of hydrogen-bond acceptors (Lipinski definition) is 6. The first-order valence-electron chi connectivity index (χ1n) is 6.81. The van der Waals surface area contributed by atoms with E-state index in [9.17, 15) is 4.79 Å². The molecule has 1 N–H and O–H groups in total. The molecule has 0 saturated carbocycles. The fraction of sp³-hybridized carbons (Fsp3) is 0.286. The summed E-state index contributed by atoms with van der Waals surface area (Å²) in [4.78, 5) is 14.0. The summed E-state index contributed by atoms with van der Waals surface area (Å²) in [5.41, 5.74) is 1.24. The topological polar surface area (TPSA) is 85.8 Å². The summed E-state index contributed by atoms with van der Waals surface area (Å²) in [6.45, 7) is 3.89. The van der Waals surface area contributed by atoms with Gasteiger partial charge in [0.1, 0.15) is 5.69 Å². The van der Waals surface area contributed by atoms with E-state index in [1.54, 1.807) is 19.3 Å². The van der Waals surface area contributed by atoms with E-state index in [4.69, 9.17) is 4.42 Å². The SMILES string of the molecule is CCc1nnc(-c2cc(NC(=O)c3ccnn3C)c(C)s2)o1. The van der Waals surface area contributed by atoms with Gasteiger partial charge in [0.05, 0.1) is 10.6 Å². The van der Waals surface area contributed by atoms with Crippen molar-refractivity contribution in [1.29, 1.82) is 0 Å². The summed E-state index contributed by atoms with van der Waals surface area (Å²) in [7, 11) is 1.73. The molecule has 3 rings (SSSR count). The minimum absolute atomic E-state index is 0.202. The molecule has 7 nitrogen and oxygen atoms in total. The smallest absolute Gasteiger partial charge is 0.273 e. The van der Waals surface area contributed by atoms with Crippen LogP contribution in [0.4, 0.5) is 5.69 Å². The molecule has 3 heterocycles. The second kappa shape index (κ2) is 5.72. The molecule has 114 valence electrons. The van der Waals surface area contributed by atoms with Crippen LogP contribution in [-0.2, 0) is 13.5 Å². The highest BCUT2D eigenvalue weighted by molar-refractivity contribution is 7.15. The molecular formula is C14H15N5O2S. The largest absolute Gasteiger partial charge is 0.420 e. The van der Waals surface area contributed by atoms with Crippen molar-refractivity contribution in [2.45, 2.75) is 20.3 Å². The number of aryl methyl sites for hydroxylation is 3. The molecule has 0 aromatic carbocycles. The van der Waals surface area contributed by atoms with Crippen LogP contribution in [0.25, 0.3) is 10.8 Å². The molecule has 22 heavy (non-hydrogen) atoms. The Balaban J connectivity index is 1.83. The van der Waals surface area contributed by atoms with Crippen molar-refractivity contribution >= 4 is 22.9 Å². The Labute approximate surface area is 131 Å². The summed E-state index contributed by atoms with van der Waals surface area (Å²) in [6.07, 6.45) is 2.28. The predicted molar refractivity (Wildman–Crippen MR) is 82.9 cm³/mol. The molecule has 8 heteroatoms. The predicted octanol–water partition coefficient (Wildman–Crippen LogP) is 2.65. The van der Waals surface area contributed by atoms with Crippen molar-refractivity contribution in [2.75, 3.05) is 5.32 Å². The van der Waals surface area contributed by atoms with E-state index in [1.807, 2.05) is 19.9 Å². The summed E-state index contributed by atoms with van der Waals surface area (Å²) in [6, 6.07) is 3.52. The van der Waals surface area contributed by atoms with Gasteiger partial charge in [0.15, 0.2) is 0 Å². The van der Waals surface area contributed by atoms with Gasteiger partial charge in [-0.05, 0) is 19.1 Å². The molecule has 0 aliphatic carbocycles. The number of carbonyl (C=O) groups excluding carboxylic acids is 1. The fourth-order valence-electron chi connectivity index (χ4n) is 1.99. The monoisotopic (exact) mass is 317 g/mol. The number of amides is 1. The van der Waals surface area contributed by atoms with Crippen LogP contribution < -0.4 is 5.32 Å². The molecule has 0 aliphatic rings. The minimum Gasteiger partial charge on any atom is -0.420 e. The maximum atomic E-state index is 12.2. The van der Waals surface area contributed by atoms with Crippen LogP contribution >= 0.6 is 11.3 Å². The molecule has 0 aliphatic heterocycles. The van der Waals surface area contributed by atoms with Gasteiger partial charge >= 0.3 is 0 Å². The van der Waals surface area contributed by atoms with E-state index < -0.39 is 0 Å². The number of nitrogens with one attached hydrogen (secondary N) is 1. The summed E-state index contributed by atoms with van der Waals surface area (Å²) >= 11 is 1.50. The number of hydrogen-bond donors (Lipinski definition) is 1. The number of nitrogens with zero attached hydrogens (tertiary/aromatic N) is 4. The Hall–Kier alpha value is -2.48. The van der Waals surface area contributed by atoms with Crippen LogP contribution in [0.2, 0.25) is 0 Å². The summed E-state index contributed by atoms with van der Waals surface area (Å²) < 4.78 is 7.08. The van der Waals surface area contributed by atoms with E-state index in [-0.39, 0.29) is 5.91 Å². The third kappa shape index (κ3) is 2.64. The van der Waals surface area contributed by atoms with E-state index >= 15 is 0 Å². The van der Waals surface area contributed by atoms with Gasteiger partial charge in [-0.3, -0.25) is 9.48 Å². The Bertz CT molecular complexity index is 817. The van der Waals surface area contributed by atoms with Gasteiger partial charge < -0.3 is 9.73 Å². The lowest BCUT2D eigenvalue weighted by Gasteiger charge is -2.04. The highest BCUT2D eigenvalue weighted by atomic mass is 32.1. The fourth-order valence-corrected chi connectivity index (χ4v) is 2.89. The first kappa shape index (κ1) is 14.5. The Morgan fingerprint density at radius 2 is 2.27 bits per heavy atom. The maximum absolute atomic E-state index is 12.2. The second-order valence-electron chi connectivity index (χ2n) is 4.73. The average molecular weight is 317 g/mol. The van der Waals surface area contributed by atoms with Gasteiger partial charge in [0.25, 0.3) is 11.8 Å². The second-order valence-corrected chi connectivity index (χ2v) is 5.99. The van der Waals surface area contributed by atoms with Crippen molar-refractivity contribution in [3.05, 3.63) is 34.8 Å². The zero-order valence-electron chi connectivity index (χ0n) is 12.5. The van der Waals surface area contributed by atoms with Gasteiger partial charge in [-0.15, -0.1) is 21.5 Å². The normalized spacial score (nSPS) is 10.9. The van der Waals surface area contributed by atoms with Crippen molar-refractivity contribution in [3.63, 3.8) is 0 Å². The van der Waals surface area contributed by atoms with Crippen LogP contribution in [-0.4, -0.2) is 25.9 Å². The van der Waals surface area contributed by atoms with E-state index in [1.165, 1.54) is 16.0 Å². The number of carbonyl (C=O) groups is 1. The number of rotatable bonds is 4. The lowest BCUT2D eigenvalue weighted by molar-refractivity contribution is 0.101. The van der Waals surface area contributed by atoms with Crippen LogP contribution in [0.3, 0.4) is 0 Å². The number of aromatic nitrogens is 4. The maximum Gasteiger partial charge on any atom is 0.273 e. The Kier molecular flexibility index (Phi) is 3.76. The van der Waals surface area contributed by atoms with Crippen molar-refractivity contribution in [2.24, 2.45) is 7.05 Å². The molecular weight excluding hydrogens is 302 g/mol. The standard InChI is InChI=1S/C14H15N5O2S/c1-4-12-17-18-14(21-12)11-7-9(8(2)22-11)16-13(20)10-5-6-15-19(10)3/h5-7H,4H2,1-3H3,(H,16,20). The molecule has 0 radical (unpaired) electrons. The van der Waals surface area contributed by atoms with Gasteiger partial charge in [-0.25, -0.2) is 0 Å². The van der Waals surface area contributed by atoms with Crippen LogP contribution in [0.15, 0.2) is 22.7 Å². The molecule has 0 atom stereocenters.